The van der Waals surface area contributed by atoms with E-state index in [1.165, 1.54) is 12.1 Å². The largest absolute Gasteiger partial charge is 0.477 e. The first-order valence-corrected chi connectivity index (χ1v) is 19.3. The molecule has 7 rings (SSSR count). The Kier molecular flexibility index (Phi) is 9.57. The maximum atomic E-state index is 14.7. The van der Waals surface area contributed by atoms with Crippen LogP contribution in [0.2, 0.25) is 0 Å². The number of hydrogen-bond acceptors (Lipinski definition) is 10. The van der Waals surface area contributed by atoms with Crippen LogP contribution in [-0.2, 0) is 21.2 Å². The van der Waals surface area contributed by atoms with E-state index in [-0.39, 0.29) is 52.6 Å². The van der Waals surface area contributed by atoms with Crippen LogP contribution in [0.5, 0.6) is 5.88 Å². The smallest absolute Gasteiger partial charge is 0.264 e. The highest BCUT2D eigenvalue weighted by molar-refractivity contribution is 7.92. The van der Waals surface area contributed by atoms with Crippen molar-refractivity contribution in [2.24, 2.45) is 17.3 Å². The Bertz CT molecular complexity index is 2030. The molecule has 268 valence electrons. The van der Waals surface area contributed by atoms with Crippen LogP contribution >= 0.6 is 0 Å². The summed E-state index contributed by atoms with van der Waals surface area (Å²) < 4.78 is 42.6. The zero-order valence-corrected chi connectivity index (χ0v) is 30.7. The number of aryl methyl sites for hydroxylation is 2. The highest BCUT2D eigenvalue weighted by atomic mass is 32.2. The first-order valence-electron chi connectivity index (χ1n) is 17.8. The normalized spacial score (nSPS) is 23.2. The summed E-state index contributed by atoms with van der Waals surface area (Å²) in [5, 5.41) is 0. The van der Waals surface area contributed by atoms with Crippen LogP contribution in [0.15, 0.2) is 65.8 Å². The molecule has 4 aromatic rings. The molecule has 4 heterocycles. The molecule has 3 aliphatic rings. The number of rotatable bonds is 5. The van der Waals surface area contributed by atoms with Gasteiger partial charge in [0.2, 0.25) is 11.8 Å². The number of aromatic nitrogens is 4. The van der Waals surface area contributed by atoms with Gasteiger partial charge in [-0.05, 0) is 68.2 Å². The van der Waals surface area contributed by atoms with Crippen LogP contribution < -0.4 is 14.4 Å². The number of Topliss-reactive ketones (excluding diaryl/α,β-unsaturated/α-hetero) is 1. The van der Waals surface area contributed by atoms with Crippen molar-refractivity contribution in [3.8, 4) is 17.1 Å². The third kappa shape index (κ3) is 7.62. The average molecular weight is 711 g/mol. The molecule has 12 heteroatoms. The Balaban J connectivity index is 1.31. The van der Waals surface area contributed by atoms with E-state index >= 15 is 0 Å². The van der Waals surface area contributed by atoms with Crippen LogP contribution in [-0.4, -0.2) is 66.0 Å². The Morgan fingerprint density at radius 3 is 2.51 bits per heavy atom. The van der Waals surface area contributed by atoms with Crippen LogP contribution in [0.25, 0.3) is 11.3 Å². The maximum Gasteiger partial charge on any atom is 0.264 e. The molecule has 0 spiro atoms. The third-order valence-corrected chi connectivity index (χ3v) is 11.5. The van der Waals surface area contributed by atoms with Gasteiger partial charge in [0.15, 0.2) is 5.78 Å². The van der Waals surface area contributed by atoms with Crippen molar-refractivity contribution < 1.29 is 22.7 Å². The van der Waals surface area contributed by atoms with E-state index in [9.17, 15) is 13.2 Å². The van der Waals surface area contributed by atoms with Gasteiger partial charge >= 0.3 is 0 Å². The molecule has 11 nitrogen and oxygen atoms in total. The molecule has 4 atom stereocenters. The number of ketones is 1. The molecular formula is C39H46N6O5S. The highest BCUT2D eigenvalue weighted by Gasteiger charge is 2.39. The van der Waals surface area contributed by atoms with Gasteiger partial charge in [0.05, 0.1) is 41.2 Å². The number of carbonyl (C=O) groups excluding carboxylic acids is 1. The molecule has 51 heavy (non-hydrogen) atoms. The predicted molar refractivity (Wildman–Crippen MR) is 196 cm³/mol. The fourth-order valence-electron chi connectivity index (χ4n) is 7.65. The molecule has 1 aliphatic carbocycles. The van der Waals surface area contributed by atoms with Gasteiger partial charge in [-0.1, -0.05) is 51.1 Å². The Labute approximate surface area is 300 Å². The second kappa shape index (κ2) is 14.0. The van der Waals surface area contributed by atoms with Crippen LogP contribution in [0.3, 0.4) is 0 Å². The Morgan fingerprint density at radius 2 is 1.76 bits per heavy atom. The molecule has 2 fully saturated rings. The van der Waals surface area contributed by atoms with Crippen molar-refractivity contribution >= 4 is 27.6 Å². The molecule has 1 saturated heterocycles. The summed E-state index contributed by atoms with van der Waals surface area (Å²) >= 11 is 0. The average Bonchev–Trinajstić information content (AvgIpc) is 3.21. The summed E-state index contributed by atoms with van der Waals surface area (Å²) in [7, 11) is -4.17. The molecule has 0 amide bonds. The molecule has 0 radical (unpaired) electrons. The summed E-state index contributed by atoms with van der Waals surface area (Å²) in [4.78, 5) is 35.8. The number of benzene rings is 2. The van der Waals surface area contributed by atoms with E-state index in [1.807, 2.05) is 32.0 Å². The molecule has 1 saturated carbocycles. The van der Waals surface area contributed by atoms with Crippen molar-refractivity contribution in [1.29, 1.82) is 0 Å². The first-order chi connectivity index (χ1) is 24.3. The quantitative estimate of drug-likeness (QED) is 0.241. The van der Waals surface area contributed by atoms with Crippen LogP contribution in [0.1, 0.15) is 73.6 Å². The lowest BCUT2D eigenvalue weighted by atomic mass is 9.74. The molecular weight excluding hydrogens is 665 g/mol. The number of carbonyl (C=O) groups is 1. The van der Waals surface area contributed by atoms with E-state index < -0.39 is 15.9 Å². The number of fused-ring (bicyclic) bond motifs is 5. The molecule has 2 aromatic heterocycles. The first kappa shape index (κ1) is 35.0. The third-order valence-electron chi connectivity index (χ3n) is 10.2. The summed E-state index contributed by atoms with van der Waals surface area (Å²) in [6.45, 7) is 12.1. The van der Waals surface area contributed by atoms with Crippen molar-refractivity contribution in [2.75, 3.05) is 29.4 Å². The van der Waals surface area contributed by atoms with Crippen LogP contribution in [0.4, 0.5) is 11.8 Å². The molecule has 1 N–H and O–H groups in total. The van der Waals surface area contributed by atoms with Gasteiger partial charge in [-0.25, -0.2) is 23.1 Å². The molecule has 2 aliphatic heterocycles. The van der Waals surface area contributed by atoms with E-state index in [1.54, 1.807) is 30.6 Å². The van der Waals surface area contributed by atoms with Crippen molar-refractivity contribution in [3.05, 3.63) is 83.3 Å². The fraction of sp³-hybridized carbons (Fsp3) is 0.462. The van der Waals surface area contributed by atoms with Crippen molar-refractivity contribution in [3.63, 3.8) is 0 Å². The minimum absolute atomic E-state index is 0.0533. The summed E-state index contributed by atoms with van der Waals surface area (Å²) in [6.07, 6.45) is 7.71. The van der Waals surface area contributed by atoms with Gasteiger partial charge in [0.25, 0.3) is 10.0 Å². The molecule has 4 bridgehead atoms. The molecule has 2 aromatic carbocycles. The second-order valence-corrected chi connectivity index (χ2v) is 17.0. The lowest BCUT2D eigenvalue weighted by Gasteiger charge is -2.42. The van der Waals surface area contributed by atoms with Gasteiger partial charge in [-0.2, -0.15) is 4.98 Å². The summed E-state index contributed by atoms with van der Waals surface area (Å²) in [6, 6.07) is 14.2. The van der Waals surface area contributed by atoms with Gasteiger partial charge in [-0.15, -0.1) is 0 Å². The van der Waals surface area contributed by atoms with Gasteiger partial charge in [-0.3, -0.25) is 9.78 Å². The van der Waals surface area contributed by atoms with Gasteiger partial charge in [0.1, 0.15) is 5.82 Å². The lowest BCUT2D eigenvalue weighted by Crippen LogP contribution is -2.50. The lowest BCUT2D eigenvalue weighted by molar-refractivity contribution is -0.00318. The van der Waals surface area contributed by atoms with E-state index in [0.717, 1.165) is 54.9 Å². The number of hydrogen-bond donors (Lipinski definition) is 1. The topological polar surface area (TPSA) is 136 Å². The van der Waals surface area contributed by atoms with E-state index in [0.29, 0.717) is 29.8 Å². The van der Waals surface area contributed by atoms with E-state index in [2.05, 4.69) is 45.3 Å². The Morgan fingerprint density at radius 1 is 0.980 bits per heavy atom. The van der Waals surface area contributed by atoms with E-state index in [4.69, 9.17) is 14.5 Å². The SMILES string of the molecule is Cc1cccc(C)c1-c1cc2nc(n1)NS(=O)(=O)c1cccc(c1)C(=O)C(Cc1cncc(N3CCCOC4CCC43)n1)[C@H](CC(C)(C)C)CO2. The predicted octanol–water partition coefficient (Wildman–Crippen LogP) is 6.60. The van der Waals surface area contributed by atoms with Gasteiger partial charge in [0, 0.05) is 54.8 Å². The second-order valence-electron chi connectivity index (χ2n) is 15.3. The van der Waals surface area contributed by atoms with Crippen LogP contribution in [0, 0.1) is 31.1 Å². The molecule has 3 unspecified atom stereocenters. The Hall–Kier alpha value is -4.42. The minimum Gasteiger partial charge on any atom is -0.477 e. The highest BCUT2D eigenvalue weighted by Crippen LogP contribution is 2.37. The summed E-state index contributed by atoms with van der Waals surface area (Å²) in [5.41, 5.74) is 4.22. The number of nitrogens with one attached hydrogen (secondary N) is 1. The monoisotopic (exact) mass is 710 g/mol. The fourth-order valence-corrected chi connectivity index (χ4v) is 8.64. The maximum absolute atomic E-state index is 14.7. The van der Waals surface area contributed by atoms with Crippen molar-refractivity contribution in [2.45, 2.75) is 83.8 Å². The minimum atomic E-state index is -4.17. The number of sulfonamides is 1. The zero-order valence-electron chi connectivity index (χ0n) is 29.9. The number of nitrogens with zero attached hydrogens (tertiary/aromatic N) is 5. The number of anilines is 2. The standard InChI is InChI=1S/C39H46N6O5S/c1-24-9-6-10-25(2)36(24)31-19-35-43-38(42-31)44-51(47,48)29-12-7-11-26(17-29)37(46)30(27(23-50-35)20-39(3,4)5)18-28-21-40-22-34(41-28)45-15-8-16-49-33-14-13-32(33)45/h6-7,9-12,17,19,21-22,27,30,32-33H,8,13-16,18,20,23H2,1-5H3,(H,42,43,44)/t27-,30?,32?,33?/m1/s1. The summed E-state index contributed by atoms with van der Waals surface area (Å²) in [5.74, 6) is -0.139. The number of ether oxygens (including phenoxy) is 2. The van der Waals surface area contributed by atoms with Crippen molar-refractivity contribution in [1.82, 2.24) is 19.9 Å². The zero-order chi connectivity index (χ0) is 35.9. The van der Waals surface area contributed by atoms with Gasteiger partial charge < -0.3 is 14.4 Å².